The first-order chi connectivity index (χ1) is 10.9. The number of amides is 1. The van der Waals surface area contributed by atoms with E-state index in [1.807, 2.05) is 0 Å². The number of carbonyl (C=O) groups is 1. The number of aromatic nitrogens is 3. The van der Waals surface area contributed by atoms with E-state index in [9.17, 15) is 18.0 Å². The number of alkyl halides is 3. The summed E-state index contributed by atoms with van der Waals surface area (Å²) >= 11 is 0. The first kappa shape index (κ1) is 15.5. The zero-order chi connectivity index (χ0) is 16.6. The van der Waals surface area contributed by atoms with Crippen molar-refractivity contribution in [3.05, 3.63) is 47.5 Å². The first-order valence-corrected chi connectivity index (χ1v) is 7.17. The van der Waals surface area contributed by atoms with Gasteiger partial charge in [-0.2, -0.15) is 18.3 Å². The van der Waals surface area contributed by atoms with E-state index in [1.165, 1.54) is 11.9 Å². The van der Waals surface area contributed by atoms with Gasteiger partial charge in [0.15, 0.2) is 5.69 Å². The Kier molecular flexibility index (Phi) is 3.83. The molecule has 23 heavy (non-hydrogen) atoms. The maximum atomic E-state index is 13.1. The molecular formula is C15H15F3N4O. The smallest absolute Gasteiger partial charge is 0.331 e. The maximum Gasteiger partial charge on any atom is 0.435 e. The Balaban J connectivity index is 1.91. The standard InChI is InChI=1S/C15H15F3N4O/c1-21-9-12(13(20-21)15(16,17)18)14(23)22(11-2-3-11)8-10-4-6-19-7-5-10/h4-7,9,11H,2-3,8H2,1H3. The number of rotatable bonds is 4. The van der Waals surface area contributed by atoms with Crippen LogP contribution >= 0.6 is 0 Å². The molecule has 3 rings (SSSR count). The lowest BCUT2D eigenvalue weighted by Gasteiger charge is -2.22. The van der Waals surface area contributed by atoms with Gasteiger partial charge in [0.25, 0.3) is 5.91 Å². The van der Waals surface area contributed by atoms with Crippen LogP contribution in [0.1, 0.15) is 34.5 Å². The van der Waals surface area contributed by atoms with E-state index >= 15 is 0 Å². The highest BCUT2D eigenvalue weighted by Gasteiger charge is 2.42. The van der Waals surface area contributed by atoms with Crippen LogP contribution in [0.15, 0.2) is 30.7 Å². The van der Waals surface area contributed by atoms with Gasteiger partial charge in [-0.1, -0.05) is 0 Å². The topological polar surface area (TPSA) is 51.0 Å². The fraction of sp³-hybridized carbons (Fsp3) is 0.400. The van der Waals surface area contributed by atoms with Gasteiger partial charge in [0.05, 0.1) is 5.56 Å². The van der Waals surface area contributed by atoms with Crippen LogP contribution in [0.3, 0.4) is 0 Å². The minimum absolute atomic E-state index is 0.0167. The van der Waals surface area contributed by atoms with Crippen molar-refractivity contribution < 1.29 is 18.0 Å². The number of hydrogen-bond donors (Lipinski definition) is 0. The fourth-order valence-corrected chi connectivity index (χ4v) is 2.45. The molecule has 0 bridgehead atoms. The lowest BCUT2D eigenvalue weighted by atomic mass is 10.2. The molecule has 0 spiro atoms. The largest absolute Gasteiger partial charge is 0.435 e. The zero-order valence-corrected chi connectivity index (χ0v) is 12.4. The third-order valence-electron chi connectivity index (χ3n) is 3.68. The van der Waals surface area contributed by atoms with Gasteiger partial charge in [0.1, 0.15) is 0 Å². The molecule has 122 valence electrons. The summed E-state index contributed by atoms with van der Waals surface area (Å²) in [6.45, 7) is 0.262. The first-order valence-electron chi connectivity index (χ1n) is 7.17. The molecule has 0 saturated heterocycles. The third kappa shape index (κ3) is 3.35. The maximum absolute atomic E-state index is 13.1. The Morgan fingerprint density at radius 2 is 2.00 bits per heavy atom. The predicted molar refractivity (Wildman–Crippen MR) is 75.3 cm³/mol. The molecule has 1 saturated carbocycles. The highest BCUT2D eigenvalue weighted by atomic mass is 19.4. The summed E-state index contributed by atoms with van der Waals surface area (Å²) in [5.74, 6) is -0.635. The Morgan fingerprint density at radius 1 is 1.35 bits per heavy atom. The fourth-order valence-electron chi connectivity index (χ4n) is 2.45. The highest BCUT2D eigenvalue weighted by Crippen LogP contribution is 2.34. The molecular weight excluding hydrogens is 309 g/mol. The highest BCUT2D eigenvalue weighted by molar-refractivity contribution is 5.95. The van der Waals surface area contributed by atoms with Crippen LogP contribution in [0, 0.1) is 0 Å². The van der Waals surface area contributed by atoms with E-state index in [2.05, 4.69) is 10.1 Å². The third-order valence-corrected chi connectivity index (χ3v) is 3.68. The number of halogens is 3. The van der Waals surface area contributed by atoms with E-state index in [0.29, 0.717) is 0 Å². The molecule has 1 aliphatic rings. The van der Waals surface area contributed by atoms with Crippen LogP contribution in [-0.4, -0.2) is 31.6 Å². The van der Waals surface area contributed by atoms with Crippen molar-refractivity contribution in [2.75, 3.05) is 0 Å². The van der Waals surface area contributed by atoms with Gasteiger partial charge >= 0.3 is 6.18 Å². The Hall–Kier alpha value is -2.38. The molecule has 2 aromatic rings. The second kappa shape index (κ2) is 5.68. The molecule has 0 radical (unpaired) electrons. The predicted octanol–water partition coefficient (Wildman–Crippen LogP) is 2.64. The second-order valence-corrected chi connectivity index (χ2v) is 5.58. The van der Waals surface area contributed by atoms with Gasteiger partial charge in [0, 0.05) is 38.2 Å². The van der Waals surface area contributed by atoms with Gasteiger partial charge in [-0.25, -0.2) is 0 Å². The monoisotopic (exact) mass is 324 g/mol. The Labute approximate surface area is 130 Å². The SMILES string of the molecule is Cn1cc(C(=O)N(Cc2ccncc2)C2CC2)c(C(F)(F)F)n1. The van der Waals surface area contributed by atoms with E-state index in [4.69, 9.17) is 0 Å². The average molecular weight is 324 g/mol. The number of hydrogen-bond acceptors (Lipinski definition) is 3. The Morgan fingerprint density at radius 3 is 2.57 bits per heavy atom. The number of pyridine rings is 1. The minimum atomic E-state index is -4.65. The zero-order valence-electron chi connectivity index (χ0n) is 12.4. The summed E-state index contributed by atoms with van der Waals surface area (Å²) < 4.78 is 40.2. The van der Waals surface area contributed by atoms with Crippen molar-refractivity contribution >= 4 is 5.91 Å². The van der Waals surface area contributed by atoms with Gasteiger partial charge in [-0.05, 0) is 30.5 Å². The van der Waals surface area contributed by atoms with Crippen LogP contribution < -0.4 is 0 Å². The van der Waals surface area contributed by atoms with Crippen molar-refractivity contribution in [1.82, 2.24) is 19.7 Å². The molecule has 0 unspecified atom stereocenters. The molecule has 1 fully saturated rings. The molecule has 0 aliphatic heterocycles. The Bertz CT molecular complexity index is 707. The van der Waals surface area contributed by atoms with Crippen LogP contribution in [0.5, 0.6) is 0 Å². The lowest BCUT2D eigenvalue weighted by Crippen LogP contribution is -2.33. The molecule has 0 N–H and O–H groups in total. The van der Waals surface area contributed by atoms with E-state index in [-0.39, 0.29) is 12.6 Å². The van der Waals surface area contributed by atoms with Gasteiger partial charge in [-0.15, -0.1) is 0 Å². The van der Waals surface area contributed by atoms with Crippen molar-refractivity contribution in [2.45, 2.75) is 31.6 Å². The molecule has 0 aromatic carbocycles. The van der Waals surface area contributed by atoms with Crippen LogP contribution in [-0.2, 0) is 19.8 Å². The summed E-state index contributed by atoms with van der Waals surface area (Å²) in [5.41, 5.74) is -0.705. The molecule has 2 aromatic heterocycles. The van der Waals surface area contributed by atoms with E-state index in [0.717, 1.165) is 29.3 Å². The molecule has 1 aliphatic carbocycles. The normalized spacial score (nSPS) is 14.8. The number of carbonyl (C=O) groups excluding carboxylic acids is 1. The van der Waals surface area contributed by atoms with Crippen molar-refractivity contribution in [3.63, 3.8) is 0 Å². The van der Waals surface area contributed by atoms with Crippen LogP contribution in [0.25, 0.3) is 0 Å². The second-order valence-electron chi connectivity index (χ2n) is 5.58. The quantitative estimate of drug-likeness (QED) is 0.869. The number of nitrogens with zero attached hydrogens (tertiary/aromatic N) is 4. The van der Waals surface area contributed by atoms with Crippen molar-refractivity contribution in [2.24, 2.45) is 7.05 Å². The van der Waals surface area contributed by atoms with E-state index in [1.54, 1.807) is 24.5 Å². The minimum Gasteiger partial charge on any atom is -0.331 e. The molecule has 1 amide bonds. The number of aryl methyl sites for hydroxylation is 1. The van der Waals surface area contributed by atoms with Crippen LogP contribution in [0.4, 0.5) is 13.2 Å². The van der Waals surface area contributed by atoms with Crippen molar-refractivity contribution in [1.29, 1.82) is 0 Å². The average Bonchev–Trinajstić information content (AvgIpc) is 3.25. The molecule has 5 nitrogen and oxygen atoms in total. The molecule has 0 atom stereocenters. The van der Waals surface area contributed by atoms with Gasteiger partial charge in [-0.3, -0.25) is 14.5 Å². The summed E-state index contributed by atoms with van der Waals surface area (Å²) in [4.78, 5) is 18.1. The van der Waals surface area contributed by atoms with Crippen molar-refractivity contribution in [3.8, 4) is 0 Å². The molecule has 8 heteroatoms. The van der Waals surface area contributed by atoms with Gasteiger partial charge < -0.3 is 4.90 Å². The molecule has 2 heterocycles. The lowest BCUT2D eigenvalue weighted by molar-refractivity contribution is -0.141. The summed E-state index contributed by atoms with van der Waals surface area (Å²) in [5, 5.41) is 3.41. The summed E-state index contributed by atoms with van der Waals surface area (Å²) in [6.07, 6.45) is 1.27. The van der Waals surface area contributed by atoms with Crippen LogP contribution in [0.2, 0.25) is 0 Å². The summed E-state index contributed by atoms with van der Waals surface area (Å²) in [7, 11) is 1.37. The van der Waals surface area contributed by atoms with E-state index < -0.39 is 23.3 Å². The summed E-state index contributed by atoms with van der Waals surface area (Å²) in [6, 6.07) is 3.48. The van der Waals surface area contributed by atoms with Gasteiger partial charge in [0.2, 0.25) is 0 Å².